The Labute approximate surface area is 148 Å². The van der Waals surface area contributed by atoms with Crippen LogP contribution in [0.3, 0.4) is 0 Å². The first kappa shape index (κ1) is 17.0. The van der Waals surface area contributed by atoms with E-state index in [9.17, 15) is 8.42 Å². The maximum Gasteiger partial charge on any atom is 0.229 e. The van der Waals surface area contributed by atoms with E-state index in [1.807, 2.05) is 61.5 Å². The van der Waals surface area contributed by atoms with Crippen LogP contribution in [0.5, 0.6) is 0 Å². The standard InChI is InChI=1S/C20H18N2O2S/c1-3-13-22-14-19(18-7-5-4-6-8-18)21-20(22)25(23,24)15-17-11-9-16(2)10-12-17/h1,4-12,14H,13,15H2,2H3. The van der Waals surface area contributed by atoms with Gasteiger partial charge in [-0.05, 0) is 12.5 Å². The SMILES string of the molecule is C#CCn1cc(-c2ccccc2)nc1S(=O)(=O)Cc1ccc(C)cc1. The molecular weight excluding hydrogens is 332 g/mol. The van der Waals surface area contributed by atoms with Crippen molar-refractivity contribution < 1.29 is 8.42 Å². The highest BCUT2D eigenvalue weighted by Gasteiger charge is 2.23. The van der Waals surface area contributed by atoms with E-state index in [1.165, 1.54) is 4.57 Å². The number of aromatic nitrogens is 2. The second-order valence-corrected chi connectivity index (χ2v) is 7.73. The number of hydrogen-bond donors (Lipinski definition) is 0. The number of imidazole rings is 1. The van der Waals surface area contributed by atoms with Gasteiger partial charge in [0.15, 0.2) is 0 Å². The number of nitrogens with zero attached hydrogens (tertiary/aromatic N) is 2. The normalized spacial score (nSPS) is 11.2. The molecule has 126 valence electrons. The van der Waals surface area contributed by atoms with Gasteiger partial charge in [-0.3, -0.25) is 0 Å². The van der Waals surface area contributed by atoms with Gasteiger partial charge in [0.25, 0.3) is 0 Å². The Morgan fingerprint density at radius 2 is 1.76 bits per heavy atom. The second kappa shape index (κ2) is 6.96. The van der Waals surface area contributed by atoms with Crippen molar-refractivity contribution in [1.29, 1.82) is 0 Å². The third-order valence-electron chi connectivity index (χ3n) is 3.83. The number of terminal acetylenes is 1. The quantitative estimate of drug-likeness (QED) is 0.662. The van der Waals surface area contributed by atoms with Gasteiger partial charge in [-0.25, -0.2) is 13.4 Å². The predicted molar refractivity (Wildman–Crippen MR) is 98.6 cm³/mol. The van der Waals surface area contributed by atoms with Crippen molar-refractivity contribution in [3.63, 3.8) is 0 Å². The van der Waals surface area contributed by atoms with Gasteiger partial charge in [-0.1, -0.05) is 66.1 Å². The lowest BCUT2D eigenvalue weighted by Crippen LogP contribution is -2.12. The molecule has 0 fully saturated rings. The highest BCUT2D eigenvalue weighted by Crippen LogP contribution is 2.23. The van der Waals surface area contributed by atoms with Crippen LogP contribution in [0.25, 0.3) is 11.3 Å². The molecule has 1 aromatic heterocycles. The number of sulfone groups is 1. The minimum atomic E-state index is -3.61. The Morgan fingerprint density at radius 3 is 2.40 bits per heavy atom. The molecule has 1 heterocycles. The predicted octanol–water partition coefficient (Wildman–Crippen LogP) is 3.47. The summed E-state index contributed by atoms with van der Waals surface area (Å²) in [5, 5.41) is 0.00452. The fourth-order valence-electron chi connectivity index (χ4n) is 2.58. The summed E-state index contributed by atoms with van der Waals surface area (Å²) in [6.07, 6.45) is 7.09. The fraction of sp³-hybridized carbons (Fsp3) is 0.150. The third-order valence-corrected chi connectivity index (χ3v) is 5.42. The van der Waals surface area contributed by atoms with Gasteiger partial charge in [0, 0.05) is 11.8 Å². The topological polar surface area (TPSA) is 52.0 Å². The third kappa shape index (κ3) is 3.81. The second-order valence-electron chi connectivity index (χ2n) is 5.85. The van der Waals surface area contributed by atoms with Crippen molar-refractivity contribution in [3.05, 3.63) is 71.9 Å². The molecule has 0 bridgehead atoms. The summed E-state index contributed by atoms with van der Waals surface area (Å²) in [5.74, 6) is 2.38. The molecule has 3 aromatic rings. The molecule has 0 radical (unpaired) electrons. The first-order valence-corrected chi connectivity index (χ1v) is 9.49. The maximum atomic E-state index is 12.9. The van der Waals surface area contributed by atoms with E-state index in [0.29, 0.717) is 5.69 Å². The number of hydrogen-bond acceptors (Lipinski definition) is 3. The monoisotopic (exact) mass is 350 g/mol. The van der Waals surface area contributed by atoms with E-state index >= 15 is 0 Å². The zero-order valence-electron chi connectivity index (χ0n) is 13.9. The molecule has 0 atom stereocenters. The van der Waals surface area contributed by atoms with E-state index < -0.39 is 9.84 Å². The van der Waals surface area contributed by atoms with Crippen LogP contribution >= 0.6 is 0 Å². The smallest absolute Gasteiger partial charge is 0.229 e. The molecule has 0 saturated carbocycles. The highest BCUT2D eigenvalue weighted by atomic mass is 32.2. The largest absolute Gasteiger partial charge is 0.310 e. The molecule has 0 saturated heterocycles. The van der Waals surface area contributed by atoms with Crippen LogP contribution in [0, 0.1) is 19.3 Å². The van der Waals surface area contributed by atoms with Gasteiger partial charge in [0.2, 0.25) is 15.0 Å². The highest BCUT2D eigenvalue weighted by molar-refractivity contribution is 7.90. The summed E-state index contributed by atoms with van der Waals surface area (Å²) in [6, 6.07) is 16.9. The molecule has 5 heteroatoms. The van der Waals surface area contributed by atoms with Crippen molar-refractivity contribution in [1.82, 2.24) is 9.55 Å². The van der Waals surface area contributed by atoms with Crippen molar-refractivity contribution >= 4 is 9.84 Å². The number of rotatable bonds is 5. The van der Waals surface area contributed by atoms with Crippen molar-refractivity contribution in [2.75, 3.05) is 0 Å². The molecule has 0 amide bonds. The molecule has 0 aliphatic rings. The lowest BCUT2D eigenvalue weighted by atomic mass is 10.2. The first-order chi connectivity index (χ1) is 12.0. The lowest BCUT2D eigenvalue weighted by molar-refractivity contribution is 0.574. The fourth-order valence-corrected chi connectivity index (χ4v) is 4.05. The molecular formula is C20H18N2O2S. The zero-order chi connectivity index (χ0) is 17.9. The maximum absolute atomic E-state index is 12.9. The summed E-state index contributed by atoms with van der Waals surface area (Å²) in [6.45, 7) is 2.12. The van der Waals surface area contributed by atoms with Crippen molar-refractivity contribution in [2.45, 2.75) is 24.4 Å². The van der Waals surface area contributed by atoms with Crippen LogP contribution in [0.4, 0.5) is 0 Å². The Hall–Kier alpha value is -2.84. The Kier molecular flexibility index (Phi) is 4.73. The summed E-state index contributed by atoms with van der Waals surface area (Å²) >= 11 is 0. The van der Waals surface area contributed by atoms with Gasteiger partial charge in [0.05, 0.1) is 18.0 Å². The Morgan fingerprint density at radius 1 is 1.08 bits per heavy atom. The van der Waals surface area contributed by atoms with Gasteiger partial charge in [-0.15, -0.1) is 6.42 Å². The summed E-state index contributed by atoms with van der Waals surface area (Å²) in [7, 11) is -3.61. The van der Waals surface area contributed by atoms with E-state index in [1.54, 1.807) is 6.20 Å². The summed E-state index contributed by atoms with van der Waals surface area (Å²) in [4.78, 5) is 4.36. The van der Waals surface area contributed by atoms with Crippen LogP contribution in [0.1, 0.15) is 11.1 Å². The van der Waals surface area contributed by atoms with Crippen LogP contribution in [0.15, 0.2) is 66.0 Å². The van der Waals surface area contributed by atoms with Gasteiger partial charge >= 0.3 is 0 Å². The molecule has 0 aliphatic heterocycles. The molecule has 0 spiro atoms. The van der Waals surface area contributed by atoms with Crippen LogP contribution in [-0.2, 0) is 22.1 Å². The molecule has 2 aromatic carbocycles. The van der Waals surface area contributed by atoms with Crippen molar-refractivity contribution in [2.24, 2.45) is 0 Å². The number of benzene rings is 2. The molecule has 0 aliphatic carbocycles. The van der Waals surface area contributed by atoms with E-state index in [4.69, 9.17) is 6.42 Å². The molecule has 0 unspecified atom stereocenters. The molecule has 4 nitrogen and oxygen atoms in total. The van der Waals surface area contributed by atoms with Crippen LogP contribution in [0.2, 0.25) is 0 Å². The zero-order valence-corrected chi connectivity index (χ0v) is 14.7. The average molecular weight is 350 g/mol. The van der Waals surface area contributed by atoms with E-state index in [-0.39, 0.29) is 17.5 Å². The minimum Gasteiger partial charge on any atom is -0.310 e. The van der Waals surface area contributed by atoms with Gasteiger partial charge < -0.3 is 4.57 Å². The van der Waals surface area contributed by atoms with E-state index in [0.717, 1.165) is 16.7 Å². The molecule has 0 N–H and O–H groups in total. The summed E-state index contributed by atoms with van der Waals surface area (Å²) < 4.78 is 27.3. The summed E-state index contributed by atoms with van der Waals surface area (Å²) in [5.41, 5.74) is 3.26. The van der Waals surface area contributed by atoms with Crippen molar-refractivity contribution in [3.8, 4) is 23.6 Å². The Balaban J connectivity index is 2.01. The van der Waals surface area contributed by atoms with Crippen LogP contribution < -0.4 is 0 Å². The molecule has 3 rings (SSSR count). The average Bonchev–Trinajstić information content (AvgIpc) is 3.03. The minimum absolute atomic E-state index is 0.00452. The Bertz CT molecular complexity index is 1010. The van der Waals surface area contributed by atoms with E-state index in [2.05, 4.69) is 10.9 Å². The first-order valence-electron chi connectivity index (χ1n) is 7.84. The lowest BCUT2D eigenvalue weighted by Gasteiger charge is -2.06. The van der Waals surface area contributed by atoms with Gasteiger partial charge in [-0.2, -0.15) is 0 Å². The number of aryl methyl sites for hydroxylation is 1. The molecule has 25 heavy (non-hydrogen) atoms. The van der Waals surface area contributed by atoms with Crippen LogP contribution in [-0.4, -0.2) is 18.0 Å². The van der Waals surface area contributed by atoms with Gasteiger partial charge in [0.1, 0.15) is 0 Å².